The number of nitrogens with zero attached hydrogens (tertiary/aromatic N) is 1. The molecule has 0 radical (unpaired) electrons. The smallest absolute Gasteiger partial charge is 0.0437 e. The van der Waals surface area contributed by atoms with Gasteiger partial charge in [-0.1, -0.05) is 31.9 Å². The van der Waals surface area contributed by atoms with Gasteiger partial charge in [0.25, 0.3) is 0 Å². The lowest BCUT2D eigenvalue weighted by molar-refractivity contribution is -0.00620. The molecule has 0 aliphatic heterocycles. The molecule has 0 heterocycles. The first-order chi connectivity index (χ1) is 10.1. The minimum atomic E-state index is 0.312. The summed E-state index contributed by atoms with van der Waals surface area (Å²) < 4.78 is 0. The van der Waals surface area contributed by atoms with Crippen LogP contribution in [0.1, 0.15) is 71.6 Å². The summed E-state index contributed by atoms with van der Waals surface area (Å²) in [6.07, 6.45) is 14.8. The molecule has 0 amide bonds. The van der Waals surface area contributed by atoms with Gasteiger partial charge in [0.2, 0.25) is 0 Å². The quantitative estimate of drug-likeness (QED) is 0.393. The molecule has 0 saturated heterocycles. The molecule has 0 bridgehead atoms. The molecule has 0 spiro atoms. The lowest BCUT2D eigenvalue weighted by Gasteiger charge is -2.56. The molecule has 4 rings (SSSR count). The van der Waals surface area contributed by atoms with E-state index in [2.05, 4.69) is 25.0 Å². The molecule has 3 saturated carbocycles. The number of hydrazone groups is 1. The predicted octanol–water partition coefficient (Wildman–Crippen LogP) is 4.65. The van der Waals surface area contributed by atoms with Crippen LogP contribution in [0.3, 0.4) is 0 Å². The number of rotatable bonds is 0. The molecule has 0 aromatic carbocycles. The summed E-state index contributed by atoms with van der Waals surface area (Å²) in [5.41, 5.74) is 3.95. The second kappa shape index (κ2) is 4.60. The zero-order valence-corrected chi connectivity index (χ0v) is 13.7. The molecule has 0 aromatic heterocycles. The monoisotopic (exact) mass is 286 g/mol. The van der Waals surface area contributed by atoms with Crippen LogP contribution in [0.4, 0.5) is 0 Å². The van der Waals surface area contributed by atoms with Crippen LogP contribution in [0, 0.1) is 28.6 Å². The van der Waals surface area contributed by atoms with Gasteiger partial charge < -0.3 is 5.84 Å². The fourth-order valence-corrected chi connectivity index (χ4v) is 6.70. The van der Waals surface area contributed by atoms with Crippen molar-refractivity contribution < 1.29 is 0 Å². The van der Waals surface area contributed by atoms with Crippen molar-refractivity contribution in [2.24, 2.45) is 39.5 Å². The Morgan fingerprint density at radius 3 is 2.67 bits per heavy atom. The van der Waals surface area contributed by atoms with Crippen LogP contribution in [-0.2, 0) is 0 Å². The molecule has 0 aromatic rings. The zero-order chi connectivity index (χ0) is 14.7. The fourth-order valence-electron chi connectivity index (χ4n) is 6.70. The zero-order valence-electron chi connectivity index (χ0n) is 13.7. The van der Waals surface area contributed by atoms with E-state index in [1.54, 1.807) is 0 Å². The van der Waals surface area contributed by atoms with Gasteiger partial charge in [0.1, 0.15) is 0 Å². The number of nitrogens with two attached hydrogens (primary N) is 1. The van der Waals surface area contributed by atoms with Crippen LogP contribution >= 0.6 is 0 Å². The molecule has 5 atom stereocenters. The van der Waals surface area contributed by atoms with Crippen molar-refractivity contribution in [2.45, 2.75) is 71.6 Å². The first-order valence-electron chi connectivity index (χ1n) is 9.06. The van der Waals surface area contributed by atoms with Gasteiger partial charge in [0.05, 0.1) is 0 Å². The summed E-state index contributed by atoms with van der Waals surface area (Å²) >= 11 is 0. The molecule has 4 aliphatic carbocycles. The normalized spacial score (nSPS) is 51.0. The van der Waals surface area contributed by atoms with Crippen molar-refractivity contribution in [3.63, 3.8) is 0 Å². The van der Waals surface area contributed by atoms with Crippen LogP contribution in [-0.4, -0.2) is 5.71 Å². The maximum atomic E-state index is 5.70. The fraction of sp³-hybridized carbons (Fsp3) is 0.842. The van der Waals surface area contributed by atoms with Crippen molar-refractivity contribution in [3.8, 4) is 0 Å². The molecule has 0 unspecified atom stereocenters. The Morgan fingerprint density at radius 1 is 1.05 bits per heavy atom. The summed E-state index contributed by atoms with van der Waals surface area (Å²) in [5.74, 6) is 8.34. The Morgan fingerprint density at radius 2 is 1.86 bits per heavy atom. The third-order valence-corrected chi connectivity index (χ3v) is 7.91. The van der Waals surface area contributed by atoms with Gasteiger partial charge in [-0.05, 0) is 74.5 Å². The van der Waals surface area contributed by atoms with Gasteiger partial charge in [0.15, 0.2) is 0 Å². The Hall–Kier alpha value is -0.790. The molecule has 2 heteroatoms. The highest BCUT2D eigenvalue weighted by atomic mass is 15.1. The Bertz CT molecular complexity index is 506. The summed E-state index contributed by atoms with van der Waals surface area (Å²) in [6, 6.07) is 0. The Balaban J connectivity index is 1.70. The number of allylic oxidation sites excluding steroid dienone is 2. The van der Waals surface area contributed by atoms with Crippen LogP contribution in [0.5, 0.6) is 0 Å². The summed E-state index contributed by atoms with van der Waals surface area (Å²) in [7, 11) is 0. The first-order valence-corrected chi connectivity index (χ1v) is 9.06. The summed E-state index contributed by atoms with van der Waals surface area (Å²) in [6.45, 7) is 5.04. The summed E-state index contributed by atoms with van der Waals surface area (Å²) in [5, 5.41) is 4.18. The van der Waals surface area contributed by atoms with Crippen LogP contribution in [0.15, 0.2) is 16.8 Å². The van der Waals surface area contributed by atoms with E-state index in [1.807, 2.05) is 5.57 Å². The lowest BCUT2D eigenvalue weighted by atomic mass is 9.48. The summed E-state index contributed by atoms with van der Waals surface area (Å²) in [4.78, 5) is 0. The van der Waals surface area contributed by atoms with Crippen molar-refractivity contribution in [3.05, 3.63) is 11.6 Å². The van der Waals surface area contributed by atoms with E-state index in [4.69, 9.17) is 5.84 Å². The molecule has 21 heavy (non-hydrogen) atoms. The van der Waals surface area contributed by atoms with Crippen molar-refractivity contribution in [1.82, 2.24) is 0 Å². The minimum Gasteiger partial charge on any atom is -0.323 e. The standard InChI is InChI=1S/C19H30N2/c1-18-11-4-3-5-13(18)6-7-14-15-8-9-17(21-20)19(15,2)12-10-16(14)18/h6,14-16H,3-5,7-12,20H2,1-2H3/t14-,15-,16-,18-,19-/m0/s1. The highest BCUT2D eigenvalue weighted by molar-refractivity contribution is 5.92. The maximum absolute atomic E-state index is 5.70. The highest BCUT2D eigenvalue weighted by Crippen LogP contribution is 2.64. The van der Waals surface area contributed by atoms with Gasteiger partial charge in [-0.3, -0.25) is 0 Å². The van der Waals surface area contributed by atoms with Gasteiger partial charge in [-0.25, -0.2) is 0 Å². The maximum Gasteiger partial charge on any atom is 0.0437 e. The second-order valence-corrected chi connectivity index (χ2v) is 8.54. The molecular formula is C19H30N2. The van der Waals surface area contributed by atoms with Crippen LogP contribution in [0.2, 0.25) is 0 Å². The lowest BCUT2D eigenvalue weighted by Crippen LogP contribution is -2.49. The minimum absolute atomic E-state index is 0.312. The Kier molecular flexibility index (Phi) is 3.03. The SMILES string of the molecule is C[C@]12CCCCC1=CC[C@@H]1[C@@H]2CC[C@]2(C)C(=NN)CC[C@@H]12. The molecule has 3 fully saturated rings. The third kappa shape index (κ3) is 1.74. The molecule has 4 aliphatic rings. The van der Waals surface area contributed by atoms with E-state index in [0.29, 0.717) is 10.8 Å². The third-order valence-electron chi connectivity index (χ3n) is 7.91. The Labute approximate surface area is 129 Å². The van der Waals surface area contributed by atoms with Gasteiger partial charge >= 0.3 is 0 Å². The second-order valence-electron chi connectivity index (χ2n) is 8.54. The first kappa shape index (κ1) is 13.8. The van der Waals surface area contributed by atoms with Crippen molar-refractivity contribution >= 4 is 5.71 Å². The van der Waals surface area contributed by atoms with E-state index < -0.39 is 0 Å². The van der Waals surface area contributed by atoms with Crippen molar-refractivity contribution in [1.29, 1.82) is 0 Å². The van der Waals surface area contributed by atoms with E-state index >= 15 is 0 Å². The predicted molar refractivity (Wildman–Crippen MR) is 87.9 cm³/mol. The number of hydrogen-bond donors (Lipinski definition) is 1. The average Bonchev–Trinajstić information content (AvgIpc) is 2.83. The number of hydrogen-bond acceptors (Lipinski definition) is 2. The van der Waals surface area contributed by atoms with Crippen LogP contribution < -0.4 is 5.84 Å². The van der Waals surface area contributed by atoms with E-state index in [-0.39, 0.29) is 0 Å². The topological polar surface area (TPSA) is 38.4 Å². The van der Waals surface area contributed by atoms with Crippen molar-refractivity contribution in [2.75, 3.05) is 0 Å². The molecule has 2 N–H and O–H groups in total. The highest BCUT2D eigenvalue weighted by Gasteiger charge is 2.57. The van der Waals surface area contributed by atoms with E-state index in [9.17, 15) is 0 Å². The van der Waals surface area contributed by atoms with Gasteiger partial charge in [0, 0.05) is 11.1 Å². The van der Waals surface area contributed by atoms with Gasteiger partial charge in [-0.2, -0.15) is 5.10 Å². The van der Waals surface area contributed by atoms with Gasteiger partial charge in [-0.15, -0.1) is 0 Å². The molecular weight excluding hydrogens is 256 g/mol. The molecule has 116 valence electrons. The number of fused-ring (bicyclic) bond motifs is 5. The van der Waals surface area contributed by atoms with E-state index in [0.717, 1.165) is 24.2 Å². The molecule has 2 nitrogen and oxygen atoms in total. The van der Waals surface area contributed by atoms with E-state index in [1.165, 1.54) is 57.1 Å². The average molecular weight is 286 g/mol. The largest absolute Gasteiger partial charge is 0.323 e. The van der Waals surface area contributed by atoms with Crippen LogP contribution in [0.25, 0.3) is 0 Å².